The summed E-state index contributed by atoms with van der Waals surface area (Å²) in [6.07, 6.45) is 2.01. The summed E-state index contributed by atoms with van der Waals surface area (Å²) in [6, 6.07) is 5.80. The maximum absolute atomic E-state index is 13.9. The van der Waals surface area contributed by atoms with Crippen molar-refractivity contribution < 1.29 is 18.7 Å². The van der Waals surface area contributed by atoms with Crippen LogP contribution in [-0.2, 0) is 27.6 Å². The number of halogens is 1. The number of ether oxygens (including phenoxy) is 1. The number of hydrogen-bond donors (Lipinski definition) is 2. The van der Waals surface area contributed by atoms with Crippen molar-refractivity contribution in [2.45, 2.75) is 37.0 Å². The first-order valence-corrected chi connectivity index (χ1v) is 10.4. The number of anilines is 1. The molecule has 3 heterocycles. The SMILES string of the molecule is O=C(Cn1nc2c(c1NC(=O)c1ccccc1F)CSC2)NC[C@@H]1CCCO1. The number of benzene rings is 1. The van der Waals surface area contributed by atoms with Crippen molar-refractivity contribution in [3.63, 3.8) is 0 Å². The molecule has 28 heavy (non-hydrogen) atoms. The molecule has 1 aromatic heterocycles. The maximum Gasteiger partial charge on any atom is 0.259 e. The average Bonchev–Trinajstić information content (AvgIpc) is 3.40. The van der Waals surface area contributed by atoms with Crippen molar-refractivity contribution in [1.29, 1.82) is 0 Å². The van der Waals surface area contributed by atoms with E-state index in [0.29, 0.717) is 18.1 Å². The van der Waals surface area contributed by atoms with E-state index in [1.54, 1.807) is 17.8 Å². The quantitative estimate of drug-likeness (QED) is 0.772. The summed E-state index contributed by atoms with van der Waals surface area (Å²) in [4.78, 5) is 24.9. The normalized spacial score (nSPS) is 18.1. The van der Waals surface area contributed by atoms with Gasteiger partial charge in [-0.05, 0) is 25.0 Å². The van der Waals surface area contributed by atoms with Crippen molar-refractivity contribution >= 4 is 29.4 Å². The van der Waals surface area contributed by atoms with Gasteiger partial charge in [0.25, 0.3) is 5.91 Å². The van der Waals surface area contributed by atoms with E-state index in [2.05, 4.69) is 15.7 Å². The summed E-state index contributed by atoms with van der Waals surface area (Å²) in [5.74, 6) is 0.527. The Morgan fingerprint density at radius 1 is 1.32 bits per heavy atom. The number of nitrogens with zero attached hydrogens (tertiary/aromatic N) is 2. The molecule has 0 saturated carbocycles. The molecule has 2 aromatic rings. The Morgan fingerprint density at radius 2 is 2.18 bits per heavy atom. The molecule has 2 amide bonds. The molecule has 0 radical (unpaired) electrons. The first-order chi connectivity index (χ1) is 13.6. The van der Waals surface area contributed by atoms with Gasteiger partial charge in [-0.3, -0.25) is 9.59 Å². The minimum absolute atomic E-state index is 0.0166. The predicted octanol–water partition coefficient (Wildman–Crippen LogP) is 2.32. The third-order valence-corrected chi connectivity index (χ3v) is 5.78. The lowest BCUT2D eigenvalue weighted by molar-refractivity contribution is -0.122. The fourth-order valence-electron chi connectivity index (χ4n) is 3.37. The van der Waals surface area contributed by atoms with Crippen LogP contribution in [0, 0.1) is 5.82 Å². The van der Waals surface area contributed by atoms with Crippen LogP contribution in [0.25, 0.3) is 0 Å². The highest BCUT2D eigenvalue weighted by Crippen LogP contribution is 2.35. The number of hydrogen-bond acceptors (Lipinski definition) is 5. The Labute approximate surface area is 166 Å². The van der Waals surface area contributed by atoms with Crippen LogP contribution in [0.3, 0.4) is 0 Å². The minimum atomic E-state index is -0.591. The Kier molecular flexibility index (Phi) is 5.63. The summed E-state index contributed by atoms with van der Waals surface area (Å²) in [7, 11) is 0. The van der Waals surface area contributed by atoms with Gasteiger partial charge in [-0.15, -0.1) is 0 Å². The van der Waals surface area contributed by atoms with E-state index in [4.69, 9.17) is 4.74 Å². The molecule has 0 aliphatic carbocycles. The van der Waals surface area contributed by atoms with Gasteiger partial charge < -0.3 is 15.4 Å². The number of fused-ring (bicyclic) bond motifs is 1. The molecule has 148 valence electrons. The topological polar surface area (TPSA) is 85.2 Å². The Hall–Kier alpha value is -2.39. The molecular weight excluding hydrogens is 383 g/mol. The van der Waals surface area contributed by atoms with Gasteiger partial charge in [-0.1, -0.05) is 12.1 Å². The number of rotatable bonds is 6. The molecule has 1 atom stereocenters. The lowest BCUT2D eigenvalue weighted by Gasteiger charge is -2.13. The summed E-state index contributed by atoms with van der Waals surface area (Å²) in [5, 5.41) is 10.1. The minimum Gasteiger partial charge on any atom is -0.376 e. The van der Waals surface area contributed by atoms with Gasteiger partial charge in [-0.2, -0.15) is 16.9 Å². The lowest BCUT2D eigenvalue weighted by atomic mass is 10.2. The zero-order valence-electron chi connectivity index (χ0n) is 15.2. The van der Waals surface area contributed by atoms with E-state index < -0.39 is 11.7 Å². The van der Waals surface area contributed by atoms with Gasteiger partial charge in [0.05, 0.1) is 17.4 Å². The first kappa shape index (κ1) is 18.9. The number of nitrogens with one attached hydrogen (secondary N) is 2. The van der Waals surface area contributed by atoms with E-state index in [1.165, 1.54) is 22.9 Å². The summed E-state index contributed by atoms with van der Waals surface area (Å²) in [6.45, 7) is 1.18. The molecule has 1 aromatic carbocycles. The van der Waals surface area contributed by atoms with E-state index in [-0.39, 0.29) is 24.1 Å². The van der Waals surface area contributed by atoms with Crippen molar-refractivity contribution in [3.8, 4) is 0 Å². The summed E-state index contributed by atoms with van der Waals surface area (Å²) >= 11 is 1.69. The number of amides is 2. The average molecular weight is 404 g/mol. The number of thioether (sulfide) groups is 1. The third-order valence-electron chi connectivity index (χ3n) is 4.81. The fraction of sp³-hybridized carbons (Fsp3) is 0.421. The van der Waals surface area contributed by atoms with Crippen LogP contribution < -0.4 is 10.6 Å². The number of carbonyl (C=O) groups is 2. The summed E-state index contributed by atoms with van der Waals surface area (Å²) < 4.78 is 20.9. The van der Waals surface area contributed by atoms with Crippen LogP contribution in [0.2, 0.25) is 0 Å². The molecule has 2 aliphatic rings. The monoisotopic (exact) mass is 404 g/mol. The van der Waals surface area contributed by atoms with Gasteiger partial charge in [0.15, 0.2) is 0 Å². The van der Waals surface area contributed by atoms with Gasteiger partial charge >= 0.3 is 0 Å². The highest BCUT2D eigenvalue weighted by molar-refractivity contribution is 7.98. The van der Waals surface area contributed by atoms with Crippen molar-refractivity contribution in [1.82, 2.24) is 15.1 Å². The smallest absolute Gasteiger partial charge is 0.259 e. The second-order valence-electron chi connectivity index (χ2n) is 6.80. The molecule has 1 fully saturated rings. The van der Waals surface area contributed by atoms with Gasteiger partial charge in [0, 0.05) is 30.2 Å². The van der Waals surface area contributed by atoms with Crippen LogP contribution in [0.1, 0.15) is 34.5 Å². The highest BCUT2D eigenvalue weighted by atomic mass is 32.2. The predicted molar refractivity (Wildman–Crippen MR) is 104 cm³/mol. The van der Waals surface area contributed by atoms with Crippen molar-refractivity contribution in [2.75, 3.05) is 18.5 Å². The molecular formula is C19H21FN4O3S. The van der Waals surface area contributed by atoms with Crippen LogP contribution in [0.5, 0.6) is 0 Å². The molecule has 2 aliphatic heterocycles. The van der Waals surface area contributed by atoms with Gasteiger partial charge in [0.1, 0.15) is 18.2 Å². The Bertz CT molecular complexity index is 895. The van der Waals surface area contributed by atoms with E-state index >= 15 is 0 Å². The fourth-order valence-corrected chi connectivity index (χ4v) is 4.40. The zero-order valence-corrected chi connectivity index (χ0v) is 16.1. The molecule has 9 heteroatoms. The van der Waals surface area contributed by atoms with Crippen LogP contribution in [0.15, 0.2) is 24.3 Å². The van der Waals surface area contributed by atoms with Crippen LogP contribution in [0.4, 0.5) is 10.2 Å². The molecule has 0 bridgehead atoms. The third kappa shape index (κ3) is 4.05. The first-order valence-electron chi connectivity index (χ1n) is 9.22. The number of carbonyl (C=O) groups excluding carboxylic acids is 2. The van der Waals surface area contributed by atoms with E-state index in [0.717, 1.165) is 36.5 Å². The van der Waals surface area contributed by atoms with Gasteiger partial charge in [0.2, 0.25) is 5.91 Å². The van der Waals surface area contributed by atoms with Crippen LogP contribution in [-0.4, -0.2) is 40.9 Å². The molecule has 4 rings (SSSR count). The molecule has 7 nitrogen and oxygen atoms in total. The summed E-state index contributed by atoms with van der Waals surface area (Å²) in [5.41, 5.74) is 1.69. The van der Waals surface area contributed by atoms with Gasteiger partial charge in [-0.25, -0.2) is 9.07 Å². The Morgan fingerprint density at radius 3 is 2.96 bits per heavy atom. The number of aromatic nitrogens is 2. The molecule has 1 saturated heterocycles. The zero-order chi connectivity index (χ0) is 19.5. The van der Waals surface area contributed by atoms with E-state index in [9.17, 15) is 14.0 Å². The van der Waals surface area contributed by atoms with Crippen molar-refractivity contribution in [2.24, 2.45) is 0 Å². The van der Waals surface area contributed by atoms with Crippen LogP contribution >= 0.6 is 11.8 Å². The van der Waals surface area contributed by atoms with E-state index in [1.807, 2.05) is 0 Å². The lowest BCUT2D eigenvalue weighted by Crippen LogP contribution is -2.34. The second kappa shape index (κ2) is 8.32. The molecule has 0 unspecified atom stereocenters. The standard InChI is InChI=1S/C19H21FN4O3S/c20-15-6-2-1-5-13(15)19(26)22-18-14-10-28-11-16(14)23-24(18)9-17(25)21-8-12-4-3-7-27-12/h1-2,5-6,12H,3-4,7-11H2,(H,21,25)(H,22,26)/t12-/m0/s1. The molecule has 0 spiro atoms. The Balaban J connectivity index is 1.48. The molecule has 2 N–H and O–H groups in total. The highest BCUT2D eigenvalue weighted by Gasteiger charge is 2.26. The maximum atomic E-state index is 13.9. The second-order valence-corrected chi connectivity index (χ2v) is 7.78. The van der Waals surface area contributed by atoms with Crippen molar-refractivity contribution in [3.05, 3.63) is 46.9 Å². The largest absolute Gasteiger partial charge is 0.376 e.